The molecule has 1 saturated carbocycles. The van der Waals surface area contributed by atoms with Crippen LogP contribution in [0.2, 0.25) is 0 Å². The Hall–Kier alpha value is -1.31. The summed E-state index contributed by atoms with van der Waals surface area (Å²) in [5, 5.41) is 0. The van der Waals surface area contributed by atoms with Gasteiger partial charge in [0.15, 0.2) is 0 Å². The number of benzene rings is 1. The molecule has 2 rings (SSSR count). The SMILES string of the molecule is CN(C(=O)c1[c]cccc1)C1CCCCC1. The van der Waals surface area contributed by atoms with Crippen molar-refractivity contribution in [1.29, 1.82) is 0 Å². The van der Waals surface area contributed by atoms with E-state index in [0.717, 1.165) is 12.8 Å². The van der Waals surface area contributed by atoms with Gasteiger partial charge in [0.05, 0.1) is 0 Å². The Morgan fingerprint density at radius 2 is 2.06 bits per heavy atom. The number of nitrogens with zero attached hydrogens (tertiary/aromatic N) is 1. The van der Waals surface area contributed by atoms with Crippen molar-refractivity contribution in [3.8, 4) is 0 Å². The van der Waals surface area contributed by atoms with Crippen molar-refractivity contribution in [1.82, 2.24) is 4.90 Å². The van der Waals surface area contributed by atoms with E-state index in [1.54, 1.807) is 6.07 Å². The molecule has 0 aromatic heterocycles. The van der Waals surface area contributed by atoms with Gasteiger partial charge < -0.3 is 4.90 Å². The smallest absolute Gasteiger partial charge is 0.254 e. The largest absolute Gasteiger partial charge is 0.339 e. The fourth-order valence-corrected chi connectivity index (χ4v) is 2.35. The predicted molar refractivity (Wildman–Crippen MR) is 64.2 cm³/mol. The number of hydrogen-bond donors (Lipinski definition) is 0. The van der Waals surface area contributed by atoms with Gasteiger partial charge in [0.2, 0.25) is 0 Å². The maximum Gasteiger partial charge on any atom is 0.254 e. The summed E-state index contributed by atoms with van der Waals surface area (Å²) < 4.78 is 0. The molecule has 2 nitrogen and oxygen atoms in total. The van der Waals surface area contributed by atoms with Gasteiger partial charge in [-0.2, -0.15) is 0 Å². The average molecular weight is 216 g/mol. The van der Waals surface area contributed by atoms with Crippen LogP contribution >= 0.6 is 0 Å². The average Bonchev–Trinajstić information content (AvgIpc) is 2.39. The number of carbonyl (C=O) groups is 1. The van der Waals surface area contributed by atoms with Crippen molar-refractivity contribution in [2.75, 3.05) is 7.05 Å². The quantitative estimate of drug-likeness (QED) is 0.744. The van der Waals surface area contributed by atoms with E-state index in [1.165, 1.54) is 19.3 Å². The number of hydrogen-bond acceptors (Lipinski definition) is 1. The van der Waals surface area contributed by atoms with E-state index in [2.05, 4.69) is 6.07 Å². The van der Waals surface area contributed by atoms with Crippen molar-refractivity contribution < 1.29 is 4.79 Å². The lowest BCUT2D eigenvalue weighted by atomic mass is 9.94. The second-order valence-corrected chi connectivity index (χ2v) is 4.48. The standard InChI is InChI=1S/C14H18NO/c1-15(13-10-6-3-7-11-13)14(16)12-8-4-2-5-9-12/h2,4-5,8,13H,3,6-7,10-11H2,1H3. The first-order chi connectivity index (χ1) is 7.79. The molecular weight excluding hydrogens is 198 g/mol. The van der Waals surface area contributed by atoms with Crippen LogP contribution in [0.1, 0.15) is 42.5 Å². The Kier molecular flexibility index (Phi) is 3.60. The van der Waals surface area contributed by atoms with Crippen LogP contribution in [0.3, 0.4) is 0 Å². The predicted octanol–water partition coefficient (Wildman–Crippen LogP) is 2.89. The summed E-state index contributed by atoms with van der Waals surface area (Å²) in [6.07, 6.45) is 6.11. The molecule has 0 aliphatic heterocycles. The van der Waals surface area contributed by atoms with Crippen LogP contribution < -0.4 is 0 Å². The Balaban J connectivity index is 2.04. The molecule has 85 valence electrons. The van der Waals surface area contributed by atoms with Crippen molar-refractivity contribution in [3.63, 3.8) is 0 Å². The van der Waals surface area contributed by atoms with Gasteiger partial charge in [-0.05, 0) is 25.0 Å². The van der Waals surface area contributed by atoms with Gasteiger partial charge in [-0.1, -0.05) is 37.5 Å². The molecule has 0 heterocycles. The minimum atomic E-state index is 0.104. The van der Waals surface area contributed by atoms with E-state index >= 15 is 0 Å². The second kappa shape index (κ2) is 5.15. The normalized spacial score (nSPS) is 17.1. The van der Waals surface area contributed by atoms with E-state index in [1.807, 2.05) is 30.1 Å². The van der Waals surface area contributed by atoms with Crippen molar-refractivity contribution >= 4 is 5.91 Å². The third kappa shape index (κ3) is 2.43. The highest BCUT2D eigenvalue weighted by Gasteiger charge is 2.22. The molecule has 1 radical (unpaired) electrons. The van der Waals surface area contributed by atoms with Crippen LogP contribution in [-0.2, 0) is 0 Å². The zero-order valence-electron chi connectivity index (χ0n) is 9.78. The van der Waals surface area contributed by atoms with Crippen LogP contribution in [0.5, 0.6) is 0 Å². The van der Waals surface area contributed by atoms with Crippen LogP contribution in [-0.4, -0.2) is 23.9 Å². The van der Waals surface area contributed by atoms with Crippen molar-refractivity contribution in [2.45, 2.75) is 38.1 Å². The summed E-state index contributed by atoms with van der Waals surface area (Å²) in [5.74, 6) is 0.104. The molecule has 0 saturated heterocycles. The topological polar surface area (TPSA) is 20.3 Å². The Morgan fingerprint density at radius 1 is 1.31 bits per heavy atom. The first-order valence-corrected chi connectivity index (χ1v) is 6.03. The number of carbonyl (C=O) groups excluding carboxylic acids is 1. The van der Waals surface area contributed by atoms with Crippen LogP contribution in [0, 0.1) is 6.07 Å². The zero-order valence-corrected chi connectivity index (χ0v) is 9.78. The van der Waals surface area contributed by atoms with Crippen LogP contribution in [0.25, 0.3) is 0 Å². The first kappa shape index (κ1) is 11.2. The van der Waals surface area contributed by atoms with Crippen molar-refractivity contribution in [3.05, 3.63) is 35.9 Å². The summed E-state index contributed by atoms with van der Waals surface area (Å²) in [5.41, 5.74) is 0.676. The lowest BCUT2D eigenvalue weighted by Crippen LogP contribution is -2.38. The fraction of sp³-hybridized carbons (Fsp3) is 0.500. The molecule has 16 heavy (non-hydrogen) atoms. The van der Waals surface area contributed by atoms with Crippen LogP contribution in [0.15, 0.2) is 24.3 Å². The Bertz CT molecular complexity index is 341. The zero-order chi connectivity index (χ0) is 11.4. The van der Waals surface area contributed by atoms with Crippen LogP contribution in [0.4, 0.5) is 0 Å². The highest BCUT2D eigenvalue weighted by atomic mass is 16.2. The first-order valence-electron chi connectivity index (χ1n) is 6.03. The van der Waals surface area contributed by atoms with E-state index in [-0.39, 0.29) is 5.91 Å². The number of rotatable bonds is 2. The third-order valence-corrected chi connectivity index (χ3v) is 3.38. The lowest BCUT2D eigenvalue weighted by molar-refractivity contribution is 0.0696. The fourth-order valence-electron chi connectivity index (χ4n) is 2.35. The summed E-state index contributed by atoms with van der Waals surface area (Å²) >= 11 is 0. The molecule has 0 N–H and O–H groups in total. The third-order valence-electron chi connectivity index (χ3n) is 3.38. The molecule has 1 aliphatic carbocycles. The van der Waals surface area contributed by atoms with E-state index in [4.69, 9.17) is 0 Å². The maximum absolute atomic E-state index is 12.1. The molecular formula is C14H18NO. The van der Waals surface area contributed by atoms with E-state index in [9.17, 15) is 4.79 Å². The minimum Gasteiger partial charge on any atom is -0.339 e. The molecule has 0 atom stereocenters. The Morgan fingerprint density at radius 3 is 2.69 bits per heavy atom. The van der Waals surface area contributed by atoms with Gasteiger partial charge in [0.25, 0.3) is 5.91 Å². The van der Waals surface area contributed by atoms with Gasteiger partial charge in [0.1, 0.15) is 0 Å². The molecule has 0 spiro atoms. The summed E-state index contributed by atoms with van der Waals surface area (Å²) in [4.78, 5) is 14.0. The lowest BCUT2D eigenvalue weighted by Gasteiger charge is -2.31. The molecule has 1 amide bonds. The molecule has 1 aromatic rings. The summed E-state index contributed by atoms with van der Waals surface area (Å²) in [7, 11) is 1.92. The minimum absolute atomic E-state index is 0.104. The molecule has 1 fully saturated rings. The monoisotopic (exact) mass is 216 g/mol. The Labute approximate surface area is 97.3 Å². The maximum atomic E-state index is 12.1. The molecule has 0 unspecified atom stereocenters. The van der Waals surface area contributed by atoms with Crippen molar-refractivity contribution in [2.24, 2.45) is 0 Å². The van der Waals surface area contributed by atoms with Gasteiger partial charge in [-0.3, -0.25) is 4.79 Å². The summed E-state index contributed by atoms with van der Waals surface area (Å²) in [6.45, 7) is 0. The molecule has 0 bridgehead atoms. The molecule has 2 heteroatoms. The van der Waals surface area contributed by atoms with Gasteiger partial charge in [0, 0.05) is 18.7 Å². The van der Waals surface area contributed by atoms with Gasteiger partial charge in [-0.25, -0.2) is 0 Å². The van der Waals surface area contributed by atoms with E-state index < -0.39 is 0 Å². The van der Waals surface area contributed by atoms with Gasteiger partial charge in [-0.15, -0.1) is 0 Å². The van der Waals surface area contributed by atoms with Gasteiger partial charge >= 0.3 is 0 Å². The highest BCUT2D eigenvalue weighted by Crippen LogP contribution is 2.22. The molecule has 1 aromatic carbocycles. The number of amides is 1. The second-order valence-electron chi connectivity index (χ2n) is 4.48. The summed E-state index contributed by atoms with van der Waals surface area (Å²) in [6, 6.07) is 10.8. The van der Waals surface area contributed by atoms with E-state index in [0.29, 0.717) is 11.6 Å². The highest BCUT2D eigenvalue weighted by molar-refractivity contribution is 5.93. The molecule has 1 aliphatic rings.